The van der Waals surface area contributed by atoms with Crippen molar-refractivity contribution in [2.45, 2.75) is 39.3 Å². The van der Waals surface area contributed by atoms with E-state index < -0.39 is 0 Å². The van der Waals surface area contributed by atoms with E-state index in [1.807, 2.05) is 38.1 Å². The van der Waals surface area contributed by atoms with E-state index in [0.29, 0.717) is 11.7 Å². The third kappa shape index (κ3) is 3.26. The summed E-state index contributed by atoms with van der Waals surface area (Å²) >= 11 is 0. The molecule has 21 heavy (non-hydrogen) atoms. The molecule has 0 bridgehead atoms. The molecule has 1 atom stereocenters. The van der Waals surface area contributed by atoms with Crippen molar-refractivity contribution in [1.29, 1.82) is 0 Å². The first kappa shape index (κ1) is 13.7. The normalized spacial score (nSPS) is 15.7. The summed E-state index contributed by atoms with van der Waals surface area (Å²) in [4.78, 5) is 13.3. The van der Waals surface area contributed by atoms with Crippen LogP contribution in [0, 0.1) is 12.8 Å². The highest BCUT2D eigenvalue weighted by Gasteiger charge is 2.28. The minimum atomic E-state index is -0.0665. The van der Waals surface area contributed by atoms with Gasteiger partial charge in [-0.1, -0.05) is 24.3 Å². The maximum Gasteiger partial charge on any atom is 0.243 e. The second-order valence-electron chi connectivity index (χ2n) is 5.65. The molecule has 3 rings (SSSR count). The van der Waals surface area contributed by atoms with Crippen molar-refractivity contribution in [3.05, 3.63) is 29.8 Å². The quantitative estimate of drug-likeness (QED) is 0.905. The van der Waals surface area contributed by atoms with Crippen molar-refractivity contribution >= 4 is 5.91 Å². The third-order valence-corrected chi connectivity index (χ3v) is 3.84. The number of nitrogens with zero attached hydrogens (tertiary/aromatic N) is 4. The fraction of sp³-hybridized carbons (Fsp3) is 0.467. The molecule has 1 saturated carbocycles. The van der Waals surface area contributed by atoms with Gasteiger partial charge in [-0.3, -0.25) is 4.79 Å². The van der Waals surface area contributed by atoms with E-state index in [2.05, 4.69) is 20.7 Å². The number of tetrazole rings is 1. The Morgan fingerprint density at radius 3 is 2.90 bits per heavy atom. The molecule has 0 spiro atoms. The monoisotopic (exact) mass is 285 g/mol. The Kier molecular flexibility index (Phi) is 3.68. The minimum absolute atomic E-state index is 0.0665. The molecule has 1 unspecified atom stereocenters. The van der Waals surface area contributed by atoms with Crippen LogP contribution in [0.5, 0.6) is 0 Å². The van der Waals surface area contributed by atoms with Crippen molar-refractivity contribution in [3.8, 4) is 11.4 Å². The lowest BCUT2D eigenvalue weighted by Crippen LogP contribution is -2.36. The summed E-state index contributed by atoms with van der Waals surface area (Å²) in [6.45, 7) is 4.15. The summed E-state index contributed by atoms with van der Waals surface area (Å²) < 4.78 is 0. The van der Waals surface area contributed by atoms with Gasteiger partial charge in [-0.15, -0.1) is 10.2 Å². The van der Waals surface area contributed by atoms with Crippen LogP contribution in [0.4, 0.5) is 0 Å². The smallest absolute Gasteiger partial charge is 0.243 e. The molecular weight excluding hydrogens is 266 g/mol. The number of carbonyl (C=O) groups is 1. The van der Waals surface area contributed by atoms with E-state index in [9.17, 15) is 4.79 Å². The van der Waals surface area contributed by atoms with Crippen LogP contribution in [0.15, 0.2) is 24.3 Å². The van der Waals surface area contributed by atoms with Crippen LogP contribution in [0.3, 0.4) is 0 Å². The van der Waals surface area contributed by atoms with Crippen molar-refractivity contribution < 1.29 is 4.79 Å². The fourth-order valence-corrected chi connectivity index (χ4v) is 2.38. The highest BCUT2D eigenvalue weighted by Crippen LogP contribution is 2.32. The molecule has 1 heterocycles. The zero-order valence-corrected chi connectivity index (χ0v) is 12.3. The van der Waals surface area contributed by atoms with Gasteiger partial charge in [0.2, 0.25) is 11.7 Å². The van der Waals surface area contributed by atoms with Gasteiger partial charge in [0.1, 0.15) is 6.54 Å². The molecule has 1 aromatic carbocycles. The number of benzene rings is 1. The van der Waals surface area contributed by atoms with Gasteiger partial charge in [-0.05, 0) is 43.4 Å². The number of nitrogens with one attached hydrogen (secondary N) is 1. The van der Waals surface area contributed by atoms with Crippen LogP contribution in [-0.4, -0.2) is 32.2 Å². The SMILES string of the molecule is Cc1ccccc1-c1nnn(CC(=O)NC(C)C2CC2)n1. The maximum absolute atomic E-state index is 11.9. The number of carbonyl (C=O) groups excluding carboxylic acids is 1. The molecule has 1 aliphatic carbocycles. The lowest BCUT2D eigenvalue weighted by Gasteiger charge is -2.11. The summed E-state index contributed by atoms with van der Waals surface area (Å²) in [7, 11) is 0. The first-order valence-corrected chi connectivity index (χ1v) is 7.26. The first-order valence-electron chi connectivity index (χ1n) is 7.26. The van der Waals surface area contributed by atoms with Crippen LogP contribution in [-0.2, 0) is 11.3 Å². The van der Waals surface area contributed by atoms with Crippen LogP contribution >= 0.6 is 0 Å². The average molecular weight is 285 g/mol. The van der Waals surface area contributed by atoms with Crippen LogP contribution in [0.2, 0.25) is 0 Å². The molecule has 6 nitrogen and oxygen atoms in total. The van der Waals surface area contributed by atoms with Crippen LogP contribution in [0.1, 0.15) is 25.3 Å². The predicted molar refractivity (Wildman–Crippen MR) is 78.3 cm³/mol. The molecule has 0 saturated heterocycles. The topological polar surface area (TPSA) is 72.7 Å². The highest BCUT2D eigenvalue weighted by atomic mass is 16.2. The van der Waals surface area contributed by atoms with E-state index in [1.165, 1.54) is 17.6 Å². The third-order valence-electron chi connectivity index (χ3n) is 3.84. The molecule has 1 aromatic heterocycles. The number of hydrogen-bond donors (Lipinski definition) is 1. The highest BCUT2D eigenvalue weighted by molar-refractivity contribution is 5.75. The van der Waals surface area contributed by atoms with Crippen molar-refractivity contribution in [1.82, 2.24) is 25.5 Å². The summed E-state index contributed by atoms with van der Waals surface area (Å²) in [6, 6.07) is 8.09. The van der Waals surface area contributed by atoms with Gasteiger partial charge < -0.3 is 5.32 Å². The van der Waals surface area contributed by atoms with Gasteiger partial charge in [0.05, 0.1) is 0 Å². The molecule has 1 fully saturated rings. The molecule has 6 heteroatoms. The Bertz CT molecular complexity index is 647. The van der Waals surface area contributed by atoms with Gasteiger partial charge in [-0.25, -0.2) is 0 Å². The summed E-state index contributed by atoms with van der Waals surface area (Å²) in [5.41, 5.74) is 2.03. The van der Waals surface area contributed by atoms with Crippen molar-refractivity contribution in [2.24, 2.45) is 5.92 Å². The van der Waals surface area contributed by atoms with Crippen molar-refractivity contribution in [2.75, 3.05) is 0 Å². The second kappa shape index (κ2) is 5.63. The first-order chi connectivity index (χ1) is 10.1. The molecule has 1 aliphatic rings. The number of aromatic nitrogens is 4. The fourth-order valence-electron chi connectivity index (χ4n) is 2.38. The Morgan fingerprint density at radius 1 is 1.43 bits per heavy atom. The lowest BCUT2D eigenvalue weighted by molar-refractivity contribution is -0.122. The standard InChI is InChI=1S/C15H19N5O/c1-10-5-3-4-6-13(10)15-17-19-20(18-15)9-14(21)16-11(2)12-7-8-12/h3-6,11-12H,7-9H2,1-2H3,(H,16,21). The van der Waals surface area contributed by atoms with E-state index in [0.717, 1.165) is 11.1 Å². The zero-order chi connectivity index (χ0) is 14.8. The molecular formula is C15H19N5O. The molecule has 0 radical (unpaired) electrons. The van der Waals surface area contributed by atoms with Gasteiger partial charge in [0.15, 0.2) is 0 Å². The van der Waals surface area contributed by atoms with E-state index in [-0.39, 0.29) is 18.5 Å². The number of hydrogen-bond acceptors (Lipinski definition) is 4. The van der Waals surface area contributed by atoms with Gasteiger partial charge in [0.25, 0.3) is 0 Å². The zero-order valence-electron chi connectivity index (χ0n) is 12.3. The van der Waals surface area contributed by atoms with Crippen LogP contribution < -0.4 is 5.32 Å². The molecule has 1 N–H and O–H groups in total. The number of aryl methyl sites for hydroxylation is 1. The average Bonchev–Trinajstić information content (AvgIpc) is 3.21. The Hall–Kier alpha value is -2.24. The largest absolute Gasteiger partial charge is 0.352 e. The Balaban J connectivity index is 1.65. The van der Waals surface area contributed by atoms with Gasteiger partial charge >= 0.3 is 0 Å². The molecule has 1 amide bonds. The van der Waals surface area contributed by atoms with Crippen LogP contribution in [0.25, 0.3) is 11.4 Å². The second-order valence-corrected chi connectivity index (χ2v) is 5.65. The summed E-state index contributed by atoms with van der Waals surface area (Å²) in [6.07, 6.45) is 2.42. The minimum Gasteiger partial charge on any atom is -0.352 e. The van der Waals surface area contributed by atoms with Gasteiger partial charge in [-0.2, -0.15) is 4.80 Å². The van der Waals surface area contributed by atoms with Crippen molar-refractivity contribution in [3.63, 3.8) is 0 Å². The predicted octanol–water partition coefficient (Wildman–Crippen LogP) is 1.56. The number of amides is 1. The summed E-state index contributed by atoms with van der Waals surface area (Å²) in [5, 5.41) is 15.3. The Morgan fingerprint density at radius 2 is 2.19 bits per heavy atom. The molecule has 2 aromatic rings. The Labute approximate surface area is 123 Å². The molecule has 0 aliphatic heterocycles. The van der Waals surface area contributed by atoms with Gasteiger partial charge in [0, 0.05) is 11.6 Å². The molecule has 110 valence electrons. The van der Waals surface area contributed by atoms with E-state index in [4.69, 9.17) is 0 Å². The number of rotatable bonds is 5. The van der Waals surface area contributed by atoms with E-state index in [1.54, 1.807) is 0 Å². The maximum atomic E-state index is 11.9. The van der Waals surface area contributed by atoms with E-state index >= 15 is 0 Å². The summed E-state index contributed by atoms with van der Waals surface area (Å²) in [5.74, 6) is 1.12. The lowest BCUT2D eigenvalue weighted by atomic mass is 10.1.